The number of allylic oxidation sites excluding steroid dienone is 2. The van der Waals surface area contributed by atoms with E-state index in [1.165, 1.54) is 38.5 Å². The minimum absolute atomic E-state index is 0.0290. The molecule has 6 atom stereocenters. The molecule has 0 radical (unpaired) electrons. The van der Waals surface area contributed by atoms with Crippen molar-refractivity contribution >= 4 is 0 Å². The van der Waals surface area contributed by atoms with Gasteiger partial charge in [0.1, 0.15) is 5.60 Å². The molecule has 0 bridgehead atoms. The highest BCUT2D eigenvalue weighted by atomic mass is 16.3. The molecule has 4 aliphatic carbocycles. The van der Waals surface area contributed by atoms with E-state index in [9.17, 15) is 5.11 Å². The van der Waals surface area contributed by atoms with E-state index in [2.05, 4.69) is 18.9 Å². The Labute approximate surface area is 129 Å². The lowest BCUT2D eigenvalue weighted by Crippen LogP contribution is -2.52. The highest BCUT2D eigenvalue weighted by molar-refractivity contribution is 5.25. The van der Waals surface area contributed by atoms with Crippen LogP contribution in [0.5, 0.6) is 0 Å². The highest BCUT2D eigenvalue weighted by Gasteiger charge is 2.61. The minimum Gasteiger partial charge on any atom is -0.377 e. The molecule has 0 aromatic carbocycles. The predicted molar refractivity (Wildman–Crippen MR) is 85.5 cm³/mol. The molecule has 1 nitrogen and oxygen atoms in total. The topological polar surface area (TPSA) is 20.2 Å². The summed E-state index contributed by atoms with van der Waals surface area (Å²) in [4.78, 5) is 0. The molecule has 0 saturated heterocycles. The molecule has 0 spiro atoms. The summed E-state index contributed by atoms with van der Waals surface area (Å²) >= 11 is 0. The zero-order valence-corrected chi connectivity index (χ0v) is 13.3. The zero-order valence-electron chi connectivity index (χ0n) is 13.3. The van der Waals surface area contributed by atoms with E-state index in [0.29, 0.717) is 5.92 Å². The fourth-order valence-corrected chi connectivity index (χ4v) is 6.56. The molecule has 4 aliphatic rings. The largest absolute Gasteiger partial charge is 0.377 e. The van der Waals surface area contributed by atoms with Crippen molar-refractivity contribution in [2.45, 2.75) is 70.3 Å². The smallest absolute Gasteiger partial charge is 0.130 e. The Bertz CT molecular complexity index is 512. The maximum atomic E-state index is 10.9. The third kappa shape index (κ3) is 1.75. The number of hydrogen-bond acceptors (Lipinski definition) is 1. The van der Waals surface area contributed by atoms with Gasteiger partial charge in [-0.1, -0.05) is 24.5 Å². The third-order valence-corrected chi connectivity index (χ3v) is 7.77. The van der Waals surface area contributed by atoms with Crippen molar-refractivity contribution in [2.75, 3.05) is 0 Å². The lowest BCUT2D eigenvalue weighted by atomic mass is 9.50. The first-order valence-corrected chi connectivity index (χ1v) is 8.98. The van der Waals surface area contributed by atoms with Crippen LogP contribution >= 0.6 is 0 Å². The van der Waals surface area contributed by atoms with Gasteiger partial charge in [0.15, 0.2) is 0 Å². The average Bonchev–Trinajstić information content (AvgIpc) is 2.79. The van der Waals surface area contributed by atoms with Gasteiger partial charge in [-0.25, -0.2) is 0 Å². The molecule has 0 aromatic heterocycles. The van der Waals surface area contributed by atoms with Gasteiger partial charge in [0.05, 0.1) is 0 Å². The molecule has 3 saturated carbocycles. The Kier molecular flexibility index (Phi) is 3.06. The van der Waals surface area contributed by atoms with Gasteiger partial charge in [-0.2, -0.15) is 0 Å². The van der Waals surface area contributed by atoms with E-state index >= 15 is 0 Å². The maximum Gasteiger partial charge on any atom is 0.130 e. The van der Waals surface area contributed by atoms with Crippen LogP contribution in [0, 0.1) is 41.4 Å². The van der Waals surface area contributed by atoms with Crippen LogP contribution in [0.25, 0.3) is 0 Å². The van der Waals surface area contributed by atoms with Crippen molar-refractivity contribution in [1.82, 2.24) is 0 Å². The van der Waals surface area contributed by atoms with Crippen molar-refractivity contribution in [3.8, 4) is 12.3 Å². The van der Waals surface area contributed by atoms with E-state index in [-0.39, 0.29) is 5.41 Å². The van der Waals surface area contributed by atoms with Gasteiger partial charge in [-0.3, -0.25) is 0 Å². The van der Waals surface area contributed by atoms with Crippen LogP contribution < -0.4 is 0 Å². The molecule has 4 rings (SSSR count). The predicted octanol–water partition coefficient (Wildman–Crippen LogP) is 4.31. The Balaban J connectivity index is 1.66. The van der Waals surface area contributed by atoms with Crippen molar-refractivity contribution < 1.29 is 5.11 Å². The molecule has 21 heavy (non-hydrogen) atoms. The first kappa shape index (κ1) is 13.9. The molecular weight excluding hydrogens is 256 g/mol. The number of hydrogen-bond donors (Lipinski definition) is 1. The van der Waals surface area contributed by atoms with E-state index in [0.717, 1.165) is 37.0 Å². The maximum absolute atomic E-state index is 10.9. The summed E-state index contributed by atoms with van der Waals surface area (Å²) in [7, 11) is 0. The van der Waals surface area contributed by atoms with Crippen molar-refractivity contribution in [3.63, 3.8) is 0 Å². The Hall–Kier alpha value is -0.740. The molecule has 1 unspecified atom stereocenters. The molecule has 1 heteroatoms. The normalized spacial score (nSPS) is 52.1. The van der Waals surface area contributed by atoms with Gasteiger partial charge >= 0.3 is 0 Å². The molecule has 0 heterocycles. The van der Waals surface area contributed by atoms with Gasteiger partial charge in [0, 0.05) is 5.41 Å². The van der Waals surface area contributed by atoms with Gasteiger partial charge in [0.2, 0.25) is 0 Å². The fraction of sp³-hybridized carbons (Fsp3) is 0.800. The van der Waals surface area contributed by atoms with Crippen LogP contribution in [0.2, 0.25) is 0 Å². The van der Waals surface area contributed by atoms with Gasteiger partial charge in [-0.05, 0) is 81.5 Å². The summed E-state index contributed by atoms with van der Waals surface area (Å²) in [6.45, 7) is 2.28. The van der Waals surface area contributed by atoms with Crippen molar-refractivity contribution in [1.29, 1.82) is 0 Å². The number of terminal acetylenes is 1. The second-order valence-electron chi connectivity index (χ2n) is 8.29. The fourth-order valence-electron chi connectivity index (χ4n) is 6.56. The number of aliphatic hydroxyl groups is 1. The lowest BCUT2D eigenvalue weighted by molar-refractivity contribution is -0.0857. The van der Waals surface area contributed by atoms with Crippen LogP contribution in [0.15, 0.2) is 11.6 Å². The van der Waals surface area contributed by atoms with Gasteiger partial charge in [0.25, 0.3) is 0 Å². The summed E-state index contributed by atoms with van der Waals surface area (Å²) < 4.78 is 0. The van der Waals surface area contributed by atoms with Crippen LogP contribution in [-0.4, -0.2) is 10.7 Å². The van der Waals surface area contributed by atoms with Crippen LogP contribution in [0.1, 0.15) is 64.7 Å². The Morgan fingerprint density at radius 1 is 1.19 bits per heavy atom. The van der Waals surface area contributed by atoms with E-state index < -0.39 is 5.60 Å². The highest BCUT2D eigenvalue weighted by Crippen LogP contribution is 2.64. The second-order valence-corrected chi connectivity index (χ2v) is 8.29. The quantitative estimate of drug-likeness (QED) is 0.519. The molecular formula is C20H28O. The van der Waals surface area contributed by atoms with Crippen LogP contribution in [-0.2, 0) is 0 Å². The summed E-state index contributed by atoms with van der Waals surface area (Å²) in [6, 6.07) is 0. The third-order valence-electron chi connectivity index (χ3n) is 7.77. The van der Waals surface area contributed by atoms with E-state index in [1.807, 2.05) is 0 Å². The van der Waals surface area contributed by atoms with Crippen molar-refractivity contribution in [2.24, 2.45) is 29.1 Å². The molecule has 1 N–H and O–H groups in total. The molecule has 0 aliphatic heterocycles. The number of rotatable bonds is 0. The number of fused-ring (bicyclic) bond motifs is 5. The summed E-state index contributed by atoms with van der Waals surface area (Å²) in [5.74, 6) is 5.98. The molecule has 3 fully saturated rings. The lowest BCUT2D eigenvalue weighted by Gasteiger charge is -2.54. The summed E-state index contributed by atoms with van der Waals surface area (Å²) in [5.41, 5.74) is 0.903. The van der Waals surface area contributed by atoms with E-state index in [4.69, 9.17) is 6.42 Å². The first-order chi connectivity index (χ1) is 10.1. The Morgan fingerprint density at radius 2 is 2.05 bits per heavy atom. The standard InChI is InChI=1S/C20H28O/c1-3-20(21)13-11-18-17-9-8-14-6-4-5-7-15(14)16(17)10-12-19(18,20)2/h1,6,15-18,21H,4-5,7-13H2,2H3/t15?,16-,17-,18+,19+,20+/m1/s1. The summed E-state index contributed by atoms with van der Waals surface area (Å²) in [5, 5.41) is 10.9. The van der Waals surface area contributed by atoms with E-state index in [1.54, 1.807) is 5.57 Å². The van der Waals surface area contributed by atoms with Crippen LogP contribution in [0.3, 0.4) is 0 Å². The molecule has 0 aromatic rings. The van der Waals surface area contributed by atoms with Gasteiger partial charge in [-0.15, -0.1) is 6.42 Å². The zero-order chi connectivity index (χ0) is 14.7. The van der Waals surface area contributed by atoms with Crippen LogP contribution in [0.4, 0.5) is 0 Å². The van der Waals surface area contributed by atoms with Crippen molar-refractivity contribution in [3.05, 3.63) is 11.6 Å². The molecule has 114 valence electrons. The van der Waals surface area contributed by atoms with Gasteiger partial charge < -0.3 is 5.11 Å². The summed E-state index contributed by atoms with van der Waals surface area (Å²) in [6.07, 6.45) is 19.4. The average molecular weight is 284 g/mol. The monoisotopic (exact) mass is 284 g/mol. The Morgan fingerprint density at radius 3 is 2.86 bits per heavy atom. The minimum atomic E-state index is -0.842. The SMILES string of the molecule is C#C[C@]1(O)CC[C@H]2[C@@H]3CCC4=CCCCC4[C@H]3CC[C@@]21C. The first-order valence-electron chi connectivity index (χ1n) is 8.98. The molecule has 0 amide bonds. The second kappa shape index (κ2) is 4.63.